The Balaban J connectivity index is 2.52. The maximum atomic E-state index is 11.9. The topological polar surface area (TPSA) is 63.8 Å². The van der Waals surface area contributed by atoms with E-state index in [2.05, 4.69) is 15.3 Å². The highest BCUT2D eigenvalue weighted by molar-refractivity contribution is 6.28. The fourth-order valence-electron chi connectivity index (χ4n) is 1.18. The molecule has 0 spiro atoms. The van der Waals surface area contributed by atoms with Gasteiger partial charge in [0.05, 0.1) is 11.4 Å². The molecule has 0 fully saturated rings. The van der Waals surface area contributed by atoms with E-state index < -0.39 is 12.6 Å². The third-order valence-electron chi connectivity index (χ3n) is 2.04. The van der Waals surface area contributed by atoms with Gasteiger partial charge < -0.3 is 11.1 Å². The lowest BCUT2D eigenvalue weighted by atomic mass is 10.3. The number of nitrogen functional groups attached to an aromatic ring is 1. The number of nitrogens with zero attached hydrogens (tertiary/aromatic N) is 2. The van der Waals surface area contributed by atoms with Crippen LogP contribution >= 0.6 is 11.6 Å². The number of aromatic nitrogens is 2. The van der Waals surface area contributed by atoms with Crippen LogP contribution in [0, 0.1) is 6.92 Å². The van der Waals surface area contributed by atoms with E-state index in [4.69, 9.17) is 17.3 Å². The molecule has 0 unspecified atom stereocenters. The molecule has 3 N–H and O–H groups in total. The number of nitrogens with two attached hydrogens (primary N) is 1. The van der Waals surface area contributed by atoms with Gasteiger partial charge in [0.1, 0.15) is 0 Å². The summed E-state index contributed by atoms with van der Waals surface area (Å²) >= 11 is 5.61. The Hall–Kier alpha value is -1.24. The van der Waals surface area contributed by atoms with E-state index in [1.165, 1.54) is 0 Å². The van der Waals surface area contributed by atoms with Crippen molar-refractivity contribution in [3.8, 4) is 0 Å². The summed E-state index contributed by atoms with van der Waals surface area (Å²) in [5.74, 6) is 0.268. The fourth-order valence-corrected chi connectivity index (χ4v) is 1.39. The molecule has 0 aliphatic heterocycles. The van der Waals surface area contributed by atoms with Crippen molar-refractivity contribution in [2.75, 3.05) is 17.6 Å². The molecule has 4 nitrogen and oxygen atoms in total. The SMILES string of the molecule is Cc1nc(Cl)nc(NCCCC(F)(F)F)c1N. The number of alkyl halides is 3. The molecule has 1 rings (SSSR count). The highest BCUT2D eigenvalue weighted by Gasteiger charge is 2.25. The van der Waals surface area contributed by atoms with Crippen molar-refractivity contribution in [3.63, 3.8) is 0 Å². The van der Waals surface area contributed by atoms with E-state index in [1.54, 1.807) is 6.92 Å². The van der Waals surface area contributed by atoms with Crippen LogP contribution in [0.1, 0.15) is 18.5 Å². The van der Waals surface area contributed by atoms with Crippen LogP contribution in [-0.2, 0) is 0 Å². The van der Waals surface area contributed by atoms with Crippen molar-refractivity contribution < 1.29 is 13.2 Å². The maximum absolute atomic E-state index is 11.9. The van der Waals surface area contributed by atoms with Gasteiger partial charge >= 0.3 is 6.18 Å². The van der Waals surface area contributed by atoms with Crippen LogP contribution in [0.15, 0.2) is 0 Å². The lowest BCUT2D eigenvalue weighted by Gasteiger charge is -2.10. The number of hydrogen-bond acceptors (Lipinski definition) is 4. The summed E-state index contributed by atoms with van der Waals surface area (Å²) in [6.07, 6.45) is -5.05. The molecule has 0 bridgehead atoms. The van der Waals surface area contributed by atoms with Crippen molar-refractivity contribution in [2.24, 2.45) is 0 Å². The number of aryl methyl sites for hydroxylation is 1. The van der Waals surface area contributed by atoms with E-state index in [0.29, 0.717) is 11.4 Å². The molecule has 0 radical (unpaired) electrons. The molecule has 0 saturated heterocycles. The fraction of sp³-hybridized carbons (Fsp3) is 0.556. The second-order valence-electron chi connectivity index (χ2n) is 3.49. The van der Waals surface area contributed by atoms with Gasteiger partial charge in [-0.25, -0.2) is 4.98 Å². The molecule has 0 aliphatic carbocycles. The van der Waals surface area contributed by atoms with Crippen LogP contribution in [0.4, 0.5) is 24.7 Å². The van der Waals surface area contributed by atoms with E-state index in [0.717, 1.165) is 0 Å². The molecule has 1 aromatic rings. The van der Waals surface area contributed by atoms with Gasteiger partial charge in [0.15, 0.2) is 5.82 Å². The Morgan fingerprint density at radius 2 is 2.00 bits per heavy atom. The zero-order valence-corrected chi connectivity index (χ0v) is 9.86. The number of hydrogen-bond donors (Lipinski definition) is 2. The minimum Gasteiger partial charge on any atom is -0.394 e. The van der Waals surface area contributed by atoms with Crippen molar-refractivity contribution in [3.05, 3.63) is 11.0 Å². The van der Waals surface area contributed by atoms with Crippen LogP contribution in [0.3, 0.4) is 0 Å². The molecular weight excluding hydrogens is 257 g/mol. The molecule has 0 aromatic carbocycles. The number of rotatable bonds is 4. The van der Waals surface area contributed by atoms with Gasteiger partial charge in [-0.05, 0) is 24.9 Å². The van der Waals surface area contributed by atoms with Gasteiger partial charge in [0.25, 0.3) is 0 Å². The van der Waals surface area contributed by atoms with Crippen LogP contribution in [0.5, 0.6) is 0 Å². The van der Waals surface area contributed by atoms with E-state index in [-0.39, 0.29) is 24.1 Å². The van der Waals surface area contributed by atoms with Gasteiger partial charge in [-0.3, -0.25) is 0 Å². The average Bonchev–Trinajstić information content (AvgIpc) is 2.18. The minimum absolute atomic E-state index is 0.00928. The second-order valence-corrected chi connectivity index (χ2v) is 3.82. The standard InChI is InChI=1S/C9H12ClF3N4/c1-5-6(14)7(17-8(10)16-5)15-4-2-3-9(11,12)13/h2-4,14H2,1H3,(H,15,16,17). The monoisotopic (exact) mass is 268 g/mol. The number of anilines is 2. The summed E-state index contributed by atoms with van der Waals surface area (Å²) in [5, 5.41) is 2.72. The molecular formula is C9H12ClF3N4. The zero-order valence-electron chi connectivity index (χ0n) is 9.10. The van der Waals surface area contributed by atoms with Gasteiger partial charge in [-0.15, -0.1) is 0 Å². The summed E-state index contributed by atoms with van der Waals surface area (Å²) in [4.78, 5) is 7.62. The smallest absolute Gasteiger partial charge is 0.389 e. The molecule has 0 amide bonds. The average molecular weight is 269 g/mol. The molecule has 0 atom stereocenters. The van der Waals surface area contributed by atoms with Crippen molar-refractivity contribution in [2.45, 2.75) is 25.9 Å². The Labute approximate surface area is 101 Å². The highest BCUT2D eigenvalue weighted by Crippen LogP contribution is 2.23. The maximum Gasteiger partial charge on any atom is 0.389 e. The third kappa shape index (κ3) is 4.64. The van der Waals surface area contributed by atoms with Crippen LogP contribution in [0.2, 0.25) is 5.28 Å². The first kappa shape index (κ1) is 13.8. The Morgan fingerprint density at radius 1 is 1.35 bits per heavy atom. The lowest BCUT2D eigenvalue weighted by Crippen LogP contribution is -2.13. The Morgan fingerprint density at radius 3 is 2.59 bits per heavy atom. The van der Waals surface area contributed by atoms with Crippen LogP contribution in [-0.4, -0.2) is 22.7 Å². The lowest BCUT2D eigenvalue weighted by molar-refractivity contribution is -0.134. The van der Waals surface area contributed by atoms with Crippen LogP contribution < -0.4 is 11.1 Å². The number of nitrogens with one attached hydrogen (secondary N) is 1. The van der Waals surface area contributed by atoms with E-state index >= 15 is 0 Å². The molecule has 1 aromatic heterocycles. The van der Waals surface area contributed by atoms with E-state index in [9.17, 15) is 13.2 Å². The molecule has 1 heterocycles. The number of halogens is 4. The summed E-state index contributed by atoms with van der Waals surface area (Å²) in [7, 11) is 0. The molecule has 0 aliphatic rings. The summed E-state index contributed by atoms with van der Waals surface area (Å²) < 4.78 is 35.7. The van der Waals surface area contributed by atoms with Gasteiger partial charge in [0, 0.05) is 13.0 Å². The van der Waals surface area contributed by atoms with Crippen LogP contribution in [0.25, 0.3) is 0 Å². The Kier molecular flexibility index (Phi) is 4.39. The second kappa shape index (κ2) is 5.39. The first-order valence-corrected chi connectivity index (χ1v) is 5.27. The first-order chi connectivity index (χ1) is 7.79. The zero-order chi connectivity index (χ0) is 13.1. The highest BCUT2D eigenvalue weighted by atomic mass is 35.5. The summed E-state index contributed by atoms with van der Waals surface area (Å²) in [6.45, 7) is 1.76. The van der Waals surface area contributed by atoms with Gasteiger partial charge in [0.2, 0.25) is 5.28 Å². The normalized spacial score (nSPS) is 11.6. The molecule has 96 valence electrons. The van der Waals surface area contributed by atoms with Crippen molar-refractivity contribution in [1.82, 2.24) is 9.97 Å². The van der Waals surface area contributed by atoms with Gasteiger partial charge in [-0.1, -0.05) is 0 Å². The first-order valence-electron chi connectivity index (χ1n) is 4.90. The quantitative estimate of drug-likeness (QED) is 0.651. The Bertz CT molecular complexity index is 395. The summed E-state index contributed by atoms with van der Waals surface area (Å²) in [5.41, 5.74) is 6.43. The third-order valence-corrected chi connectivity index (χ3v) is 2.21. The van der Waals surface area contributed by atoms with Gasteiger partial charge in [-0.2, -0.15) is 18.2 Å². The minimum atomic E-state index is -4.15. The predicted molar refractivity (Wildman–Crippen MR) is 60.0 cm³/mol. The largest absolute Gasteiger partial charge is 0.394 e. The molecule has 0 saturated carbocycles. The van der Waals surface area contributed by atoms with E-state index in [1.807, 2.05) is 0 Å². The van der Waals surface area contributed by atoms with Crippen molar-refractivity contribution >= 4 is 23.1 Å². The molecule has 8 heteroatoms. The van der Waals surface area contributed by atoms with Crippen molar-refractivity contribution in [1.29, 1.82) is 0 Å². The molecule has 17 heavy (non-hydrogen) atoms. The summed E-state index contributed by atoms with van der Waals surface area (Å²) in [6, 6.07) is 0. The predicted octanol–water partition coefficient (Wildman–Crippen LogP) is 2.78.